The highest BCUT2D eigenvalue weighted by Crippen LogP contribution is 2.27. The van der Waals surface area contributed by atoms with Crippen LogP contribution < -0.4 is 11.5 Å². The van der Waals surface area contributed by atoms with E-state index in [-0.39, 0.29) is 13.1 Å². The molecule has 0 aliphatic carbocycles. The number of hydrogen-bond donors (Lipinski definition) is 14. The Hall–Kier alpha value is -1.68. The van der Waals surface area contributed by atoms with Gasteiger partial charge in [-0.25, -0.2) is 0 Å². The molecule has 0 rings (SSSR count). The molecular formula is C16H44N4O20P4. The molecule has 0 amide bonds. The number of nitrogens with zero attached hydrogens (tertiary/aromatic N) is 2. The third-order valence-corrected chi connectivity index (χ3v) is 2.33. The van der Waals surface area contributed by atoms with E-state index in [0.29, 0.717) is 13.1 Å². The average Bonchev–Trinajstić information content (AvgIpc) is 2.65. The van der Waals surface area contributed by atoms with E-state index < -0.39 is 80.4 Å². The van der Waals surface area contributed by atoms with Crippen molar-refractivity contribution in [3.8, 4) is 0 Å². The summed E-state index contributed by atoms with van der Waals surface area (Å²) >= 11 is 0. The predicted molar refractivity (Wildman–Crippen MR) is 153 cm³/mol. The summed E-state index contributed by atoms with van der Waals surface area (Å²) in [5.41, 5.74) is 9.81. The number of carboxylic acids is 4. The fourth-order valence-electron chi connectivity index (χ4n) is 1.48. The number of aliphatic carboxylic acids is 4. The molecule has 0 fully saturated rings. The lowest BCUT2D eigenvalue weighted by atomic mass is 10.4. The molecule has 0 bridgehead atoms. The second-order valence-electron chi connectivity index (χ2n) is 7.91. The van der Waals surface area contributed by atoms with Crippen molar-refractivity contribution in [2.24, 2.45) is 11.5 Å². The first kappa shape index (κ1) is 54.8. The summed E-state index contributed by atoms with van der Waals surface area (Å²) < 4.78 is 37.3. The van der Waals surface area contributed by atoms with Gasteiger partial charge in [-0.15, -0.1) is 0 Å². The van der Waals surface area contributed by atoms with Gasteiger partial charge in [0, 0.05) is 52.8 Å². The van der Waals surface area contributed by atoms with Crippen LogP contribution in [-0.2, 0) is 37.4 Å². The van der Waals surface area contributed by atoms with Crippen LogP contribution >= 0.6 is 30.4 Å². The van der Waals surface area contributed by atoms with Gasteiger partial charge in [-0.2, -0.15) is 0 Å². The molecule has 0 aliphatic heterocycles. The zero-order valence-corrected chi connectivity index (χ0v) is 27.7. The number of carboxylic acid groups (broad SMARTS) is 4. The lowest BCUT2D eigenvalue weighted by Gasteiger charge is -2.23. The molecule has 28 heteroatoms. The van der Waals surface area contributed by atoms with Crippen molar-refractivity contribution in [3.05, 3.63) is 0 Å². The van der Waals surface area contributed by atoms with Crippen LogP contribution in [0.15, 0.2) is 0 Å². The Morgan fingerprint density at radius 3 is 0.636 bits per heavy atom. The molecule has 0 heterocycles. The zero-order valence-electron chi connectivity index (χ0n) is 24.1. The van der Waals surface area contributed by atoms with Crippen LogP contribution in [0.1, 0.15) is 0 Å². The van der Waals surface area contributed by atoms with E-state index in [2.05, 4.69) is 0 Å². The Bertz CT molecular complexity index is 807. The number of nitrogens with two attached hydrogens (primary N) is 2. The summed E-state index contributed by atoms with van der Waals surface area (Å²) in [6, 6.07) is 0. The van der Waals surface area contributed by atoms with Crippen molar-refractivity contribution in [2.45, 2.75) is 0 Å². The molecule has 44 heavy (non-hydrogen) atoms. The first-order valence-electron chi connectivity index (χ1n) is 11.0. The third kappa shape index (κ3) is 151. The van der Waals surface area contributed by atoms with Crippen LogP contribution in [-0.4, -0.2) is 172 Å². The van der Waals surface area contributed by atoms with Crippen molar-refractivity contribution in [3.63, 3.8) is 0 Å². The summed E-state index contributed by atoms with van der Waals surface area (Å²) in [5.74, 6) is -4.91. The number of hydrogen-bond acceptors (Lipinski definition) is 12. The summed E-state index contributed by atoms with van der Waals surface area (Å²) in [4.78, 5) is 105. The molecule has 0 radical (unpaired) electrons. The molecule has 0 spiro atoms. The standard InChI is InChI=1S/C10H16N2O8.C2H8N2.4CH5O3P/c13-7(14)3-11(4-8(15)16)1-2-12(5-9(17)18)6-10(19)20;3-1-2-4;4*1-5(2,3)4/h1-6H2,(H,13,14)(H,15,16)(H,17,18)(H,19,20);1-4H2;4*1H3,(H2,2,3,4). The lowest BCUT2D eigenvalue weighted by Crippen LogP contribution is -2.43. The number of rotatable bonds is 12. The van der Waals surface area contributed by atoms with Gasteiger partial charge in [0.05, 0.1) is 26.2 Å². The van der Waals surface area contributed by atoms with Crippen LogP contribution in [0, 0.1) is 0 Å². The van der Waals surface area contributed by atoms with E-state index in [4.69, 9.17) is 71.0 Å². The Labute approximate surface area is 251 Å². The largest absolute Gasteiger partial charge is 0.480 e. The topological polar surface area (TPSA) is 438 Å². The minimum absolute atomic E-state index is 0.0703. The summed E-state index contributed by atoms with van der Waals surface area (Å²) in [6.45, 7) is 2.36. The fourth-order valence-corrected chi connectivity index (χ4v) is 1.48. The molecule has 16 N–H and O–H groups in total. The maximum atomic E-state index is 10.6. The second-order valence-corrected chi connectivity index (χ2v) is 14.6. The Kier molecular flexibility index (Phi) is 35.8. The third-order valence-electron chi connectivity index (χ3n) is 2.33. The molecule has 0 saturated carbocycles. The lowest BCUT2D eigenvalue weighted by molar-refractivity contribution is -0.145. The van der Waals surface area contributed by atoms with Gasteiger partial charge in [-0.1, -0.05) is 0 Å². The van der Waals surface area contributed by atoms with Crippen molar-refractivity contribution in [2.75, 3.05) is 79.0 Å². The molecule has 0 aliphatic rings. The molecule has 268 valence electrons. The van der Waals surface area contributed by atoms with E-state index in [1.54, 1.807) is 0 Å². The van der Waals surface area contributed by atoms with Gasteiger partial charge >= 0.3 is 54.3 Å². The van der Waals surface area contributed by atoms with E-state index in [0.717, 1.165) is 36.5 Å². The Morgan fingerprint density at radius 2 is 0.568 bits per heavy atom. The van der Waals surface area contributed by atoms with Crippen LogP contribution in [0.25, 0.3) is 0 Å². The summed E-state index contributed by atoms with van der Waals surface area (Å²) in [5, 5.41) is 34.5. The molecular weight excluding hydrogens is 692 g/mol. The van der Waals surface area contributed by atoms with Gasteiger partial charge in [0.25, 0.3) is 0 Å². The maximum absolute atomic E-state index is 10.6. The predicted octanol–water partition coefficient (Wildman–Crippen LogP) is -3.99. The van der Waals surface area contributed by atoms with Crippen molar-refractivity contribution in [1.82, 2.24) is 9.80 Å². The maximum Gasteiger partial charge on any atom is 0.322 e. The molecule has 0 atom stereocenters. The monoisotopic (exact) mass is 736 g/mol. The van der Waals surface area contributed by atoms with Crippen LogP contribution in [0.3, 0.4) is 0 Å². The molecule has 0 unspecified atom stereocenters. The fraction of sp³-hybridized carbons (Fsp3) is 0.750. The molecule has 0 aromatic rings. The van der Waals surface area contributed by atoms with E-state index in [1.807, 2.05) is 0 Å². The van der Waals surface area contributed by atoms with Gasteiger partial charge in [0.15, 0.2) is 0 Å². The highest BCUT2D eigenvalue weighted by molar-refractivity contribution is 7.51. The minimum Gasteiger partial charge on any atom is -0.480 e. The van der Waals surface area contributed by atoms with Gasteiger partial charge in [0.1, 0.15) is 0 Å². The normalized spacial score (nSPS) is 10.9. The Balaban J connectivity index is -0.000000121. The smallest absolute Gasteiger partial charge is 0.322 e. The number of carbonyl (C=O) groups is 4. The summed E-state index contributed by atoms with van der Waals surface area (Å²) in [6.07, 6.45) is 0. The van der Waals surface area contributed by atoms with Gasteiger partial charge < -0.3 is 71.0 Å². The first-order chi connectivity index (χ1) is 19.1. The molecule has 0 saturated heterocycles. The van der Waals surface area contributed by atoms with E-state index >= 15 is 0 Å². The van der Waals surface area contributed by atoms with Crippen LogP contribution in [0.2, 0.25) is 0 Å². The minimum atomic E-state index is -3.64. The quantitative estimate of drug-likeness (QED) is 0.0849. The highest BCUT2D eigenvalue weighted by atomic mass is 31.2. The molecule has 0 aromatic heterocycles. The van der Waals surface area contributed by atoms with Gasteiger partial charge in [-0.3, -0.25) is 47.2 Å². The Morgan fingerprint density at radius 1 is 0.455 bits per heavy atom. The first-order valence-corrected chi connectivity index (χ1v) is 19.2. The van der Waals surface area contributed by atoms with E-state index in [1.165, 1.54) is 0 Å². The van der Waals surface area contributed by atoms with Crippen molar-refractivity contribution < 1.29 is 97.0 Å². The summed E-state index contributed by atoms with van der Waals surface area (Å²) in [7, 11) is -14.6. The average molecular weight is 736 g/mol. The van der Waals surface area contributed by atoms with Gasteiger partial charge in [-0.05, 0) is 0 Å². The van der Waals surface area contributed by atoms with Crippen molar-refractivity contribution in [1.29, 1.82) is 0 Å². The SMILES string of the molecule is CP(=O)(O)O.CP(=O)(O)O.CP(=O)(O)O.CP(=O)(O)O.NCCN.O=C(O)CN(CCN(CC(=O)O)CC(=O)O)CC(=O)O. The van der Waals surface area contributed by atoms with Gasteiger partial charge in [0.2, 0.25) is 0 Å². The molecule has 24 nitrogen and oxygen atoms in total. The molecule has 0 aromatic carbocycles. The highest BCUT2D eigenvalue weighted by Gasteiger charge is 2.18. The zero-order chi connectivity index (χ0) is 37.1. The van der Waals surface area contributed by atoms with E-state index in [9.17, 15) is 37.4 Å². The second kappa shape index (κ2) is 28.8. The van der Waals surface area contributed by atoms with Crippen LogP contribution in [0.4, 0.5) is 0 Å². The van der Waals surface area contributed by atoms with Crippen LogP contribution in [0.5, 0.6) is 0 Å². The van der Waals surface area contributed by atoms with Crippen molar-refractivity contribution >= 4 is 54.3 Å².